The molecule has 0 aliphatic carbocycles. The van der Waals surface area contributed by atoms with Gasteiger partial charge in [-0.05, 0) is 45.4 Å². The van der Waals surface area contributed by atoms with Gasteiger partial charge in [-0.25, -0.2) is 8.42 Å². The van der Waals surface area contributed by atoms with Gasteiger partial charge >= 0.3 is 0 Å². The summed E-state index contributed by atoms with van der Waals surface area (Å²) < 4.78 is 26.6. The van der Waals surface area contributed by atoms with Crippen LogP contribution in [-0.4, -0.2) is 24.8 Å². The van der Waals surface area contributed by atoms with Crippen LogP contribution in [0.1, 0.15) is 33.3 Å². The van der Waals surface area contributed by atoms with Crippen LogP contribution in [0.2, 0.25) is 0 Å². The Morgan fingerprint density at radius 2 is 1.50 bits per heavy atom. The Kier molecular flexibility index (Phi) is 5.37. The first-order valence-corrected chi connectivity index (χ1v) is 8.55. The highest BCUT2D eigenvalue weighted by Gasteiger charge is 2.29. The standard InChI is InChI=1S/C13H20BrNO2S/c1-10(2)15(11(3)4)18(16,17)13-7-5-12(9-14)6-8-13/h5-8,10-11H,9H2,1-4H3. The molecule has 0 aliphatic heterocycles. The molecule has 1 aromatic rings. The van der Waals surface area contributed by atoms with Crippen LogP contribution in [0.15, 0.2) is 29.2 Å². The molecule has 0 amide bonds. The Balaban J connectivity index is 3.18. The van der Waals surface area contributed by atoms with Gasteiger partial charge in [-0.2, -0.15) is 4.31 Å². The van der Waals surface area contributed by atoms with Crippen molar-refractivity contribution in [3.05, 3.63) is 29.8 Å². The van der Waals surface area contributed by atoms with Crippen LogP contribution in [0.4, 0.5) is 0 Å². The van der Waals surface area contributed by atoms with E-state index in [0.717, 1.165) is 10.9 Å². The van der Waals surface area contributed by atoms with Crippen molar-refractivity contribution in [1.82, 2.24) is 4.31 Å². The highest BCUT2D eigenvalue weighted by molar-refractivity contribution is 9.08. The number of halogens is 1. The molecule has 18 heavy (non-hydrogen) atoms. The van der Waals surface area contributed by atoms with Crippen LogP contribution in [0, 0.1) is 0 Å². The van der Waals surface area contributed by atoms with Gasteiger partial charge in [0.1, 0.15) is 0 Å². The van der Waals surface area contributed by atoms with Gasteiger partial charge in [-0.3, -0.25) is 0 Å². The summed E-state index contributed by atoms with van der Waals surface area (Å²) in [6, 6.07) is 6.91. The minimum absolute atomic E-state index is 0.0501. The van der Waals surface area contributed by atoms with Crippen LogP contribution in [0.25, 0.3) is 0 Å². The zero-order valence-electron chi connectivity index (χ0n) is 11.2. The van der Waals surface area contributed by atoms with Gasteiger partial charge in [-0.1, -0.05) is 28.1 Å². The van der Waals surface area contributed by atoms with Gasteiger partial charge in [0.15, 0.2) is 0 Å². The second-order valence-electron chi connectivity index (χ2n) is 4.80. The minimum Gasteiger partial charge on any atom is -0.207 e. The topological polar surface area (TPSA) is 37.4 Å². The van der Waals surface area contributed by atoms with E-state index in [4.69, 9.17) is 0 Å². The molecule has 0 aliphatic rings. The summed E-state index contributed by atoms with van der Waals surface area (Å²) in [5.41, 5.74) is 1.06. The summed E-state index contributed by atoms with van der Waals surface area (Å²) in [6.07, 6.45) is 0. The van der Waals surface area contributed by atoms with Crippen molar-refractivity contribution in [3.8, 4) is 0 Å². The van der Waals surface area contributed by atoms with Crippen LogP contribution in [-0.2, 0) is 15.4 Å². The van der Waals surface area contributed by atoms with Crippen molar-refractivity contribution in [2.24, 2.45) is 0 Å². The highest BCUT2D eigenvalue weighted by atomic mass is 79.9. The Labute approximate surface area is 118 Å². The fraction of sp³-hybridized carbons (Fsp3) is 0.538. The number of hydrogen-bond donors (Lipinski definition) is 0. The zero-order valence-corrected chi connectivity index (χ0v) is 13.6. The molecule has 0 aromatic heterocycles. The van der Waals surface area contributed by atoms with E-state index >= 15 is 0 Å². The molecule has 0 heterocycles. The van der Waals surface area contributed by atoms with Crippen LogP contribution in [0.5, 0.6) is 0 Å². The third-order valence-electron chi connectivity index (χ3n) is 2.67. The average Bonchev–Trinajstić information content (AvgIpc) is 2.27. The smallest absolute Gasteiger partial charge is 0.207 e. The molecule has 0 saturated carbocycles. The molecule has 1 rings (SSSR count). The van der Waals surface area contributed by atoms with E-state index in [1.54, 1.807) is 12.1 Å². The van der Waals surface area contributed by atoms with E-state index in [0.29, 0.717) is 4.90 Å². The molecule has 102 valence electrons. The average molecular weight is 334 g/mol. The second kappa shape index (κ2) is 6.17. The molecule has 0 fully saturated rings. The fourth-order valence-corrected chi connectivity index (χ4v) is 4.23. The third kappa shape index (κ3) is 3.33. The lowest BCUT2D eigenvalue weighted by molar-refractivity contribution is 0.302. The van der Waals surface area contributed by atoms with Crippen molar-refractivity contribution in [2.45, 2.75) is 50.0 Å². The molecule has 0 unspecified atom stereocenters. The highest BCUT2D eigenvalue weighted by Crippen LogP contribution is 2.21. The van der Waals surface area contributed by atoms with E-state index in [1.165, 1.54) is 4.31 Å². The molecule has 5 heteroatoms. The summed E-state index contributed by atoms with van der Waals surface area (Å²) in [6.45, 7) is 7.57. The van der Waals surface area contributed by atoms with Gasteiger partial charge in [0, 0.05) is 17.4 Å². The lowest BCUT2D eigenvalue weighted by atomic mass is 10.2. The lowest BCUT2D eigenvalue weighted by Gasteiger charge is -2.29. The molecule has 0 spiro atoms. The number of alkyl halides is 1. The van der Waals surface area contributed by atoms with Crippen molar-refractivity contribution < 1.29 is 8.42 Å². The maximum atomic E-state index is 12.5. The number of hydrogen-bond acceptors (Lipinski definition) is 2. The Bertz CT molecular complexity index is 472. The molecule has 3 nitrogen and oxygen atoms in total. The first-order chi connectivity index (χ1) is 8.30. The quantitative estimate of drug-likeness (QED) is 0.774. The first kappa shape index (κ1) is 15.7. The van der Waals surface area contributed by atoms with Gasteiger partial charge in [0.2, 0.25) is 10.0 Å². The number of nitrogens with zero attached hydrogens (tertiary/aromatic N) is 1. The molecular formula is C13H20BrNO2S. The van der Waals surface area contributed by atoms with Gasteiger partial charge in [-0.15, -0.1) is 0 Å². The lowest BCUT2D eigenvalue weighted by Crippen LogP contribution is -2.41. The summed E-state index contributed by atoms with van der Waals surface area (Å²) in [4.78, 5) is 0.356. The van der Waals surface area contributed by atoms with E-state index in [1.807, 2.05) is 39.8 Å². The van der Waals surface area contributed by atoms with E-state index in [2.05, 4.69) is 15.9 Å². The maximum Gasteiger partial charge on any atom is 0.243 e. The molecule has 0 atom stereocenters. The summed E-state index contributed by atoms with van der Waals surface area (Å²) >= 11 is 3.35. The zero-order chi connectivity index (χ0) is 13.9. The minimum atomic E-state index is -3.41. The molecule has 0 N–H and O–H groups in total. The second-order valence-corrected chi connectivity index (χ2v) is 7.20. The summed E-state index contributed by atoms with van der Waals surface area (Å²) in [5.74, 6) is 0. The largest absolute Gasteiger partial charge is 0.243 e. The van der Waals surface area contributed by atoms with Gasteiger partial charge < -0.3 is 0 Å². The first-order valence-electron chi connectivity index (χ1n) is 5.99. The van der Waals surface area contributed by atoms with Crippen molar-refractivity contribution in [1.29, 1.82) is 0 Å². The van der Waals surface area contributed by atoms with E-state index < -0.39 is 10.0 Å². The molecule has 0 radical (unpaired) electrons. The predicted octanol–water partition coefficient (Wildman–Crippen LogP) is 3.39. The number of sulfonamides is 1. The van der Waals surface area contributed by atoms with Crippen LogP contribution in [0.3, 0.4) is 0 Å². The van der Waals surface area contributed by atoms with Gasteiger partial charge in [0.05, 0.1) is 4.90 Å². The monoisotopic (exact) mass is 333 g/mol. The van der Waals surface area contributed by atoms with Crippen LogP contribution >= 0.6 is 15.9 Å². The van der Waals surface area contributed by atoms with Crippen molar-refractivity contribution in [3.63, 3.8) is 0 Å². The Morgan fingerprint density at radius 3 is 1.83 bits per heavy atom. The van der Waals surface area contributed by atoms with Crippen molar-refractivity contribution in [2.75, 3.05) is 0 Å². The molecular weight excluding hydrogens is 314 g/mol. The normalized spacial score (nSPS) is 12.7. The maximum absolute atomic E-state index is 12.5. The molecule has 0 saturated heterocycles. The van der Waals surface area contributed by atoms with E-state index in [9.17, 15) is 8.42 Å². The Morgan fingerprint density at radius 1 is 1.06 bits per heavy atom. The number of benzene rings is 1. The Hall–Kier alpha value is -0.390. The predicted molar refractivity (Wildman–Crippen MR) is 78.4 cm³/mol. The van der Waals surface area contributed by atoms with Crippen molar-refractivity contribution >= 4 is 26.0 Å². The molecule has 1 aromatic carbocycles. The molecule has 0 bridgehead atoms. The number of rotatable bonds is 5. The van der Waals surface area contributed by atoms with Gasteiger partial charge in [0.25, 0.3) is 0 Å². The van der Waals surface area contributed by atoms with E-state index in [-0.39, 0.29) is 12.1 Å². The third-order valence-corrected chi connectivity index (χ3v) is 5.58. The summed E-state index contributed by atoms with van der Waals surface area (Å²) in [5, 5.41) is 0.728. The van der Waals surface area contributed by atoms with Crippen LogP contribution < -0.4 is 0 Å². The SMILES string of the molecule is CC(C)N(C(C)C)S(=O)(=O)c1ccc(CBr)cc1. The fourth-order valence-electron chi connectivity index (χ4n) is 2.02. The summed E-state index contributed by atoms with van der Waals surface area (Å²) in [7, 11) is -3.41.